The average Bonchev–Trinajstić information content (AvgIpc) is 3.65. The Hall–Kier alpha value is -5.59. The number of aliphatic hydroxyl groups excluding tert-OH is 1. The Labute approximate surface area is 320 Å². The van der Waals surface area contributed by atoms with Crippen molar-refractivity contribution in [3.8, 4) is 22.7 Å². The molecule has 4 aliphatic heterocycles. The van der Waals surface area contributed by atoms with Crippen molar-refractivity contribution in [3.63, 3.8) is 0 Å². The number of carbonyl (C=O) groups is 2. The van der Waals surface area contributed by atoms with Crippen LogP contribution in [0.2, 0.25) is 0 Å². The summed E-state index contributed by atoms with van der Waals surface area (Å²) < 4.78 is 2.06. The molecule has 9 rings (SSSR count). The molecule has 12 nitrogen and oxygen atoms in total. The molecule has 1 unspecified atom stereocenters. The molecule has 0 saturated carbocycles. The lowest BCUT2D eigenvalue weighted by Gasteiger charge is -2.45. The fraction of sp³-hybridized carbons (Fsp3) is 0.372. The SMILES string of the molecule is O=C1CCC(c2ccc(N3CCC(N4CCC(N5CCN(c6ccc(-n7ccc8nnc(-c9ccccc9O)cc87)cc6)C(=O)C5)CC4)CC3)cc2)C(O)=[NH+]1. The standard InChI is InChI=1S/C43H46N8O4/c52-40-4-2-1-3-36(40)38-27-39-37(45-46-38)19-24-50(39)33-9-11-34(12-10-33)51-26-25-49(28-42(51)54)32-17-22-48(23-18-32)31-15-20-47(21-16-31)30-7-5-29(6-8-30)35-13-14-41(53)44-43(35)55/h1-12,19,24,27,31-32,35,52H,13-18,20-23,25-26,28H2,(H,44,53,55)/p+1. The summed E-state index contributed by atoms with van der Waals surface area (Å²) in [4.78, 5) is 37.1. The lowest BCUT2D eigenvalue weighted by atomic mass is 9.91. The van der Waals surface area contributed by atoms with Crippen LogP contribution < -0.4 is 14.8 Å². The summed E-state index contributed by atoms with van der Waals surface area (Å²) in [6, 6.07) is 28.6. The van der Waals surface area contributed by atoms with Crippen LogP contribution in [0.25, 0.3) is 28.0 Å². The molecule has 4 aliphatic rings. The van der Waals surface area contributed by atoms with E-state index in [0.29, 0.717) is 49.3 Å². The third-order valence-electron chi connectivity index (χ3n) is 12.2. The molecule has 5 aromatic rings. The van der Waals surface area contributed by atoms with Crippen LogP contribution >= 0.6 is 0 Å². The normalized spacial score (nSPS) is 21.0. The highest BCUT2D eigenvalue weighted by atomic mass is 16.3. The molecule has 6 heterocycles. The zero-order chi connectivity index (χ0) is 37.5. The summed E-state index contributed by atoms with van der Waals surface area (Å²) in [7, 11) is 0. The predicted octanol–water partition coefficient (Wildman–Crippen LogP) is 4.02. The lowest BCUT2D eigenvalue weighted by Crippen LogP contribution is -2.80. The maximum atomic E-state index is 13.5. The monoisotopic (exact) mass is 739 g/mol. The van der Waals surface area contributed by atoms with Crippen molar-refractivity contribution in [2.24, 2.45) is 0 Å². The Balaban J connectivity index is 0.758. The van der Waals surface area contributed by atoms with E-state index >= 15 is 0 Å². The quantitative estimate of drug-likeness (QED) is 0.227. The molecule has 3 N–H and O–H groups in total. The number of benzene rings is 3. The summed E-state index contributed by atoms with van der Waals surface area (Å²) in [5.41, 5.74) is 7.01. The molecule has 0 radical (unpaired) electrons. The topological polar surface area (TPSA) is 132 Å². The van der Waals surface area contributed by atoms with Crippen molar-refractivity contribution in [2.45, 2.75) is 56.5 Å². The fourth-order valence-electron chi connectivity index (χ4n) is 9.10. The number of nitrogens with one attached hydrogen (secondary N) is 1. The van der Waals surface area contributed by atoms with Crippen molar-refractivity contribution in [2.75, 3.05) is 55.6 Å². The number of piperazine rings is 1. The van der Waals surface area contributed by atoms with E-state index in [-0.39, 0.29) is 29.4 Å². The average molecular weight is 740 g/mol. The third-order valence-corrected chi connectivity index (χ3v) is 12.2. The van der Waals surface area contributed by atoms with Gasteiger partial charge in [0.05, 0.1) is 24.2 Å². The molecule has 0 bridgehead atoms. The fourth-order valence-corrected chi connectivity index (χ4v) is 9.10. The van der Waals surface area contributed by atoms with Crippen LogP contribution in [0.3, 0.4) is 0 Å². The van der Waals surface area contributed by atoms with E-state index in [1.54, 1.807) is 12.1 Å². The van der Waals surface area contributed by atoms with E-state index in [2.05, 4.69) is 58.7 Å². The van der Waals surface area contributed by atoms with Gasteiger partial charge < -0.3 is 29.5 Å². The number of piperidine rings is 2. The molecule has 1 atom stereocenters. The van der Waals surface area contributed by atoms with Gasteiger partial charge in [0.1, 0.15) is 17.2 Å². The molecule has 12 heteroatoms. The van der Waals surface area contributed by atoms with Gasteiger partial charge in [0.25, 0.3) is 0 Å². The van der Waals surface area contributed by atoms with E-state index in [1.807, 2.05) is 59.6 Å². The minimum absolute atomic E-state index is 0.0616. The van der Waals surface area contributed by atoms with Gasteiger partial charge in [0.2, 0.25) is 5.91 Å². The van der Waals surface area contributed by atoms with Gasteiger partial charge in [-0.1, -0.05) is 24.3 Å². The number of phenols is 1. The lowest BCUT2D eigenvalue weighted by molar-refractivity contribution is -0.393. The number of anilines is 2. The number of aromatic nitrogens is 3. The largest absolute Gasteiger partial charge is 0.507 e. The van der Waals surface area contributed by atoms with Crippen LogP contribution in [-0.2, 0) is 9.59 Å². The molecule has 3 fully saturated rings. The molecule has 55 heavy (non-hydrogen) atoms. The Morgan fingerprint density at radius 2 is 1.36 bits per heavy atom. The van der Waals surface area contributed by atoms with Crippen LogP contribution in [0.4, 0.5) is 11.4 Å². The van der Waals surface area contributed by atoms with Crippen molar-refractivity contribution in [3.05, 3.63) is 96.7 Å². The Morgan fingerprint density at radius 1 is 0.673 bits per heavy atom. The Morgan fingerprint density at radius 3 is 2.09 bits per heavy atom. The van der Waals surface area contributed by atoms with Crippen LogP contribution in [-0.4, -0.2) is 110 Å². The number of carbonyl (C=O) groups excluding carboxylic acids is 2. The number of fused-ring (bicyclic) bond motifs is 1. The van der Waals surface area contributed by atoms with E-state index < -0.39 is 0 Å². The molecule has 0 spiro atoms. The minimum atomic E-state index is -0.136. The number of para-hydroxylation sites is 1. The number of nitrogens with zero attached hydrogens (tertiary/aromatic N) is 7. The van der Waals surface area contributed by atoms with Gasteiger partial charge in [0, 0.05) is 67.1 Å². The second-order valence-corrected chi connectivity index (χ2v) is 15.3. The highest BCUT2D eigenvalue weighted by Crippen LogP contribution is 2.32. The number of aromatic hydroxyl groups is 1. The van der Waals surface area contributed by atoms with E-state index in [4.69, 9.17) is 0 Å². The maximum Gasteiger partial charge on any atom is 0.388 e. The van der Waals surface area contributed by atoms with E-state index in [1.165, 1.54) is 5.69 Å². The van der Waals surface area contributed by atoms with Crippen LogP contribution in [0.5, 0.6) is 5.75 Å². The molecule has 2 amide bonds. The van der Waals surface area contributed by atoms with Gasteiger partial charge in [-0.05, 0) is 111 Å². The number of aliphatic hydroxyl groups is 1. The molecule has 0 aliphatic carbocycles. The van der Waals surface area contributed by atoms with Gasteiger partial charge in [-0.2, -0.15) is 0 Å². The summed E-state index contributed by atoms with van der Waals surface area (Å²) in [6.07, 6.45) is 7.50. The van der Waals surface area contributed by atoms with Crippen molar-refractivity contribution in [1.29, 1.82) is 0 Å². The smallest absolute Gasteiger partial charge is 0.388 e. The van der Waals surface area contributed by atoms with Crippen molar-refractivity contribution < 1.29 is 24.8 Å². The zero-order valence-electron chi connectivity index (χ0n) is 30.9. The Kier molecular flexibility index (Phi) is 9.53. The van der Waals surface area contributed by atoms with E-state index in [9.17, 15) is 19.8 Å². The van der Waals surface area contributed by atoms with Crippen molar-refractivity contribution >= 4 is 40.1 Å². The van der Waals surface area contributed by atoms with Crippen LogP contribution in [0.1, 0.15) is 50.0 Å². The molecular weight excluding hydrogens is 693 g/mol. The highest BCUT2D eigenvalue weighted by molar-refractivity contribution is 5.95. The maximum absolute atomic E-state index is 13.5. The molecule has 3 saturated heterocycles. The number of hydrogen-bond acceptors (Lipinski definition) is 8. The predicted molar refractivity (Wildman–Crippen MR) is 212 cm³/mol. The third kappa shape index (κ3) is 7.07. The molecular formula is C43H47N8O4+. The van der Waals surface area contributed by atoms with E-state index in [0.717, 1.165) is 86.4 Å². The second kappa shape index (κ2) is 14.9. The number of rotatable bonds is 7. The number of hydrogen-bond donors (Lipinski definition) is 3. The van der Waals surface area contributed by atoms with Crippen molar-refractivity contribution in [1.82, 2.24) is 24.6 Å². The molecule has 3 aromatic carbocycles. The number of likely N-dealkylation sites (tertiary alicyclic amines) is 1. The first-order chi connectivity index (χ1) is 26.9. The number of amides is 2. The molecule has 2 aromatic heterocycles. The van der Waals surface area contributed by atoms with Gasteiger partial charge >= 0.3 is 11.8 Å². The zero-order valence-corrected chi connectivity index (χ0v) is 30.9. The number of phenolic OH excluding ortho intramolecular Hbond substituents is 1. The molecule has 282 valence electrons. The summed E-state index contributed by atoms with van der Waals surface area (Å²) in [5, 5.41) is 29.3. The van der Waals surface area contributed by atoms with Crippen LogP contribution in [0.15, 0.2) is 91.1 Å². The first-order valence-corrected chi connectivity index (χ1v) is 19.6. The highest BCUT2D eigenvalue weighted by Gasteiger charge is 2.35. The Bertz CT molecular complexity index is 2220. The summed E-state index contributed by atoms with van der Waals surface area (Å²) in [5.74, 6) is 0.122. The first kappa shape index (κ1) is 35.1. The van der Waals surface area contributed by atoms with Crippen LogP contribution in [0, 0.1) is 0 Å². The summed E-state index contributed by atoms with van der Waals surface area (Å²) >= 11 is 0. The second-order valence-electron chi connectivity index (χ2n) is 15.3. The van der Waals surface area contributed by atoms with Gasteiger partial charge in [-0.15, -0.1) is 15.2 Å². The van der Waals surface area contributed by atoms with Gasteiger partial charge in [-0.25, -0.2) is 4.79 Å². The first-order valence-electron chi connectivity index (χ1n) is 19.6. The van der Waals surface area contributed by atoms with Gasteiger partial charge in [-0.3, -0.25) is 9.69 Å². The van der Waals surface area contributed by atoms with Gasteiger partial charge in [0.15, 0.2) is 0 Å². The summed E-state index contributed by atoms with van der Waals surface area (Å²) in [6.45, 7) is 6.20. The minimum Gasteiger partial charge on any atom is -0.507 e.